The zero-order valence-electron chi connectivity index (χ0n) is 25.2. The van der Waals surface area contributed by atoms with Crippen molar-refractivity contribution in [3.8, 4) is 0 Å². The molecule has 4 nitrogen and oxygen atoms in total. The molecule has 0 heterocycles. The Kier molecular flexibility index (Phi) is 10.5. The summed E-state index contributed by atoms with van der Waals surface area (Å²) in [6, 6.07) is 0. The van der Waals surface area contributed by atoms with Crippen molar-refractivity contribution in [3.05, 3.63) is 35.5 Å². The Morgan fingerprint density at radius 3 is 2.02 bits per heavy atom. The zero-order chi connectivity index (χ0) is 31.8. The molecule has 3 rings (SSSR count). The molecule has 0 saturated heterocycles. The highest BCUT2D eigenvalue weighted by molar-refractivity contribution is 5.27. The SMILES string of the molecule is CC(C)(O)CCC[C@@](C)(C/C=C\C(O)(C(F)(F)F)C(F)(F)F)[C@H]1CC[C@H]2/C(=C/C=C3\CC(O)C[C@H](O)C3)CCC[C@]12C. The van der Waals surface area contributed by atoms with Gasteiger partial charge in [0.25, 0.3) is 5.60 Å². The van der Waals surface area contributed by atoms with Crippen LogP contribution in [0.15, 0.2) is 35.5 Å². The van der Waals surface area contributed by atoms with E-state index in [0.717, 1.165) is 43.8 Å². The minimum Gasteiger partial charge on any atom is -0.393 e. The average molecular weight is 611 g/mol. The van der Waals surface area contributed by atoms with Crippen LogP contribution in [0.4, 0.5) is 26.3 Å². The minimum atomic E-state index is -5.91. The maximum absolute atomic E-state index is 13.3. The van der Waals surface area contributed by atoms with Crippen molar-refractivity contribution in [2.24, 2.45) is 22.7 Å². The minimum absolute atomic E-state index is 0.000925. The van der Waals surface area contributed by atoms with Crippen LogP contribution in [-0.4, -0.2) is 56.2 Å². The van der Waals surface area contributed by atoms with Crippen LogP contribution < -0.4 is 0 Å². The fraction of sp³-hybridized carbons (Fsp3) is 0.812. The van der Waals surface area contributed by atoms with Crippen molar-refractivity contribution in [1.29, 1.82) is 0 Å². The third kappa shape index (κ3) is 7.83. The lowest BCUT2D eigenvalue weighted by molar-refractivity contribution is -0.347. The quantitative estimate of drug-likeness (QED) is 0.159. The van der Waals surface area contributed by atoms with E-state index in [1.54, 1.807) is 13.8 Å². The van der Waals surface area contributed by atoms with E-state index in [4.69, 9.17) is 0 Å². The molecule has 3 aliphatic rings. The predicted molar refractivity (Wildman–Crippen MR) is 149 cm³/mol. The Bertz CT molecular complexity index is 997. The van der Waals surface area contributed by atoms with Crippen molar-refractivity contribution >= 4 is 0 Å². The molecule has 3 fully saturated rings. The lowest BCUT2D eigenvalue weighted by Gasteiger charge is -2.49. The molecule has 0 spiro atoms. The van der Waals surface area contributed by atoms with Gasteiger partial charge in [0.2, 0.25) is 0 Å². The molecule has 0 bridgehead atoms. The number of hydrogen-bond acceptors (Lipinski definition) is 4. The highest BCUT2D eigenvalue weighted by atomic mass is 19.4. The van der Waals surface area contributed by atoms with Crippen molar-refractivity contribution < 1.29 is 46.8 Å². The second-order valence-corrected chi connectivity index (χ2v) is 14.2. The lowest BCUT2D eigenvalue weighted by atomic mass is 9.55. The fourth-order valence-corrected chi connectivity index (χ4v) is 8.11. The zero-order valence-corrected chi connectivity index (χ0v) is 25.2. The van der Waals surface area contributed by atoms with E-state index in [0.29, 0.717) is 38.5 Å². The molecular weight excluding hydrogens is 562 g/mol. The van der Waals surface area contributed by atoms with Crippen molar-refractivity contribution in [2.45, 2.75) is 141 Å². The smallest absolute Gasteiger partial charge is 0.393 e. The third-order valence-electron chi connectivity index (χ3n) is 10.2. The van der Waals surface area contributed by atoms with Crippen LogP contribution in [0.1, 0.15) is 105 Å². The lowest BCUT2D eigenvalue weighted by Crippen LogP contribution is -2.55. The first kappa shape index (κ1) is 35.1. The van der Waals surface area contributed by atoms with Gasteiger partial charge in [0.15, 0.2) is 0 Å². The van der Waals surface area contributed by atoms with E-state index in [1.807, 2.05) is 13.0 Å². The van der Waals surface area contributed by atoms with Crippen LogP contribution in [-0.2, 0) is 0 Å². The molecule has 0 aromatic carbocycles. The monoisotopic (exact) mass is 610 g/mol. The Morgan fingerprint density at radius 2 is 1.48 bits per heavy atom. The van der Waals surface area contributed by atoms with Gasteiger partial charge >= 0.3 is 12.4 Å². The molecule has 0 aliphatic heterocycles. The highest BCUT2D eigenvalue weighted by Gasteiger charge is 2.69. The molecule has 10 heteroatoms. The van der Waals surface area contributed by atoms with Gasteiger partial charge in [-0.15, -0.1) is 0 Å². The molecule has 42 heavy (non-hydrogen) atoms. The summed E-state index contributed by atoms with van der Waals surface area (Å²) in [4.78, 5) is 0. The maximum atomic E-state index is 13.3. The Labute approximate surface area is 245 Å². The number of alkyl halides is 6. The van der Waals surface area contributed by atoms with Crippen LogP contribution in [0.25, 0.3) is 0 Å². The fourth-order valence-electron chi connectivity index (χ4n) is 8.11. The number of aliphatic hydroxyl groups excluding tert-OH is 2. The molecule has 6 atom stereocenters. The van der Waals surface area contributed by atoms with Gasteiger partial charge in [0.1, 0.15) is 0 Å². The molecule has 4 N–H and O–H groups in total. The molecule has 0 aromatic heterocycles. The molecule has 242 valence electrons. The molecule has 0 amide bonds. The molecule has 0 aromatic rings. The van der Waals surface area contributed by atoms with Crippen molar-refractivity contribution in [1.82, 2.24) is 0 Å². The first-order valence-corrected chi connectivity index (χ1v) is 15.1. The van der Waals surface area contributed by atoms with Gasteiger partial charge in [-0.1, -0.05) is 49.6 Å². The van der Waals surface area contributed by atoms with Gasteiger partial charge in [-0.2, -0.15) is 26.3 Å². The summed E-state index contributed by atoms with van der Waals surface area (Å²) in [5.74, 6) is 0.201. The van der Waals surface area contributed by atoms with E-state index >= 15 is 0 Å². The summed E-state index contributed by atoms with van der Waals surface area (Å²) in [6.45, 7) is 7.44. The van der Waals surface area contributed by atoms with Crippen LogP contribution in [0.5, 0.6) is 0 Å². The van der Waals surface area contributed by atoms with Gasteiger partial charge in [0, 0.05) is 0 Å². The second kappa shape index (κ2) is 12.6. The Hall–Kier alpha value is -1.36. The van der Waals surface area contributed by atoms with Crippen molar-refractivity contribution in [2.75, 3.05) is 0 Å². The number of aliphatic hydroxyl groups is 4. The van der Waals surface area contributed by atoms with E-state index in [1.165, 1.54) is 5.57 Å². The van der Waals surface area contributed by atoms with Gasteiger partial charge in [0.05, 0.1) is 17.8 Å². The first-order chi connectivity index (χ1) is 19.1. The van der Waals surface area contributed by atoms with Gasteiger partial charge < -0.3 is 20.4 Å². The van der Waals surface area contributed by atoms with E-state index < -0.39 is 41.2 Å². The summed E-state index contributed by atoms with van der Waals surface area (Å²) in [5.41, 5.74) is -4.53. The predicted octanol–water partition coefficient (Wildman–Crippen LogP) is 7.71. The second-order valence-electron chi connectivity index (χ2n) is 14.2. The van der Waals surface area contributed by atoms with Crippen molar-refractivity contribution in [3.63, 3.8) is 0 Å². The summed E-state index contributed by atoms with van der Waals surface area (Å²) < 4.78 is 80.1. The Balaban J connectivity index is 1.91. The number of rotatable bonds is 9. The van der Waals surface area contributed by atoms with Gasteiger partial charge in [-0.05, 0) is 113 Å². The van der Waals surface area contributed by atoms with E-state index in [-0.39, 0.29) is 29.7 Å². The molecule has 3 aliphatic carbocycles. The van der Waals surface area contributed by atoms with E-state index in [9.17, 15) is 46.8 Å². The highest BCUT2D eigenvalue weighted by Crippen LogP contribution is 2.64. The number of fused-ring (bicyclic) bond motifs is 1. The summed E-state index contributed by atoms with van der Waals surface area (Å²) in [7, 11) is 0. The number of hydrogen-bond donors (Lipinski definition) is 4. The summed E-state index contributed by atoms with van der Waals surface area (Å²) in [5, 5.41) is 40.1. The van der Waals surface area contributed by atoms with Gasteiger partial charge in [-0.25, -0.2) is 0 Å². The average Bonchev–Trinajstić information content (AvgIpc) is 3.18. The third-order valence-corrected chi connectivity index (χ3v) is 10.2. The number of allylic oxidation sites excluding steroid dienone is 4. The maximum Gasteiger partial charge on any atom is 0.429 e. The topological polar surface area (TPSA) is 80.9 Å². The van der Waals surface area contributed by atoms with Crippen LogP contribution in [0.2, 0.25) is 0 Å². The standard InChI is InChI=1S/C32H48F6O4/c1-27(2,41)13-6-14-28(3,15-7-17-30(42,31(33,34)35)32(36,37)38)26-12-11-25-22(8-5-16-29(25,26)4)10-9-21-18-23(39)20-24(40)19-21/h7,9-10,17,23-26,39-42H,5-6,8,11-16,18-20H2,1-4H3/b17-7-,21-9-,22-10+/t23-,24?,25+,26-,28+,29+/m1/s1. The normalized spacial score (nSPS) is 33.4. The largest absolute Gasteiger partial charge is 0.429 e. The summed E-state index contributed by atoms with van der Waals surface area (Å²) in [6.07, 6.45) is -1.06. The van der Waals surface area contributed by atoms with Crippen LogP contribution >= 0.6 is 0 Å². The molecule has 0 radical (unpaired) electrons. The molecule has 1 unspecified atom stereocenters. The van der Waals surface area contributed by atoms with Gasteiger partial charge in [-0.3, -0.25) is 0 Å². The molecular formula is C32H48F6O4. The van der Waals surface area contributed by atoms with Crippen LogP contribution in [0, 0.1) is 22.7 Å². The first-order valence-electron chi connectivity index (χ1n) is 15.1. The van der Waals surface area contributed by atoms with Crippen LogP contribution in [0.3, 0.4) is 0 Å². The molecule has 3 saturated carbocycles. The number of halogens is 6. The Morgan fingerprint density at radius 1 is 0.881 bits per heavy atom. The van der Waals surface area contributed by atoms with E-state index in [2.05, 4.69) is 13.0 Å². The summed E-state index contributed by atoms with van der Waals surface area (Å²) >= 11 is 0.